The van der Waals surface area contributed by atoms with Crippen LogP contribution in [0.3, 0.4) is 0 Å². The number of pyridine rings is 1. The maximum atomic E-state index is 13.1. The van der Waals surface area contributed by atoms with Gasteiger partial charge < -0.3 is 0 Å². The van der Waals surface area contributed by atoms with Crippen LogP contribution in [0.15, 0.2) is 66.1 Å². The highest BCUT2D eigenvalue weighted by Crippen LogP contribution is 2.23. The Morgan fingerprint density at radius 3 is 2.50 bits per heavy atom. The Labute approximate surface area is 141 Å². The van der Waals surface area contributed by atoms with E-state index in [0.717, 1.165) is 22.6 Å². The van der Waals surface area contributed by atoms with Gasteiger partial charge in [-0.2, -0.15) is 9.61 Å². The predicted octanol–water partition coefficient (Wildman–Crippen LogP) is 3.62. The van der Waals surface area contributed by atoms with Crippen molar-refractivity contribution < 1.29 is 4.39 Å². The summed E-state index contributed by atoms with van der Waals surface area (Å²) in [6.07, 6.45) is 3.53. The molecule has 5 nitrogen and oxygen atoms in total. The lowest BCUT2D eigenvalue weighted by atomic mass is 10.1. The quantitative estimate of drug-likeness (QED) is 0.532. The second-order valence-corrected chi connectivity index (χ2v) is 6.06. The standard InChI is InChI=1S/C17H12FN5S/c18-14-3-1-13(2-4-14)15-5-6-16-20-21-17(23(16)22-15)24-11-12-7-9-19-10-8-12/h1-10H,11H2. The zero-order valence-electron chi connectivity index (χ0n) is 12.5. The van der Waals surface area contributed by atoms with E-state index in [9.17, 15) is 4.39 Å². The molecule has 0 aliphatic carbocycles. The summed E-state index contributed by atoms with van der Waals surface area (Å²) >= 11 is 1.56. The minimum atomic E-state index is -0.266. The fraction of sp³-hybridized carbons (Fsp3) is 0.0588. The monoisotopic (exact) mass is 337 g/mol. The smallest absolute Gasteiger partial charge is 0.212 e. The zero-order chi connectivity index (χ0) is 16.4. The molecule has 0 fully saturated rings. The Kier molecular flexibility index (Phi) is 3.92. The van der Waals surface area contributed by atoms with E-state index in [1.165, 1.54) is 12.1 Å². The molecule has 1 aromatic carbocycles. The van der Waals surface area contributed by atoms with Crippen LogP contribution in [0.4, 0.5) is 4.39 Å². The Balaban J connectivity index is 1.64. The summed E-state index contributed by atoms with van der Waals surface area (Å²) in [5.74, 6) is 0.490. The van der Waals surface area contributed by atoms with E-state index in [0.29, 0.717) is 10.8 Å². The first-order valence-electron chi connectivity index (χ1n) is 7.30. The first-order chi connectivity index (χ1) is 11.8. The van der Waals surface area contributed by atoms with Crippen molar-refractivity contribution in [3.05, 3.63) is 72.3 Å². The molecule has 4 rings (SSSR count). The predicted molar refractivity (Wildman–Crippen MR) is 90.0 cm³/mol. The van der Waals surface area contributed by atoms with Gasteiger partial charge in [0.05, 0.1) is 5.69 Å². The Hall–Kier alpha value is -2.80. The summed E-state index contributed by atoms with van der Waals surface area (Å²) in [6, 6.07) is 13.9. The molecule has 0 spiro atoms. The van der Waals surface area contributed by atoms with Crippen molar-refractivity contribution in [1.82, 2.24) is 24.8 Å². The molecule has 3 heterocycles. The van der Waals surface area contributed by atoms with Crippen LogP contribution in [0.2, 0.25) is 0 Å². The van der Waals surface area contributed by atoms with Gasteiger partial charge in [-0.15, -0.1) is 10.2 Å². The van der Waals surface area contributed by atoms with E-state index in [2.05, 4.69) is 20.3 Å². The molecule has 0 saturated heterocycles. The minimum absolute atomic E-state index is 0.266. The van der Waals surface area contributed by atoms with Gasteiger partial charge in [0.25, 0.3) is 0 Å². The molecule has 7 heteroatoms. The number of halogens is 1. The molecule has 0 unspecified atom stereocenters. The molecule has 0 aliphatic rings. The number of rotatable bonds is 4. The van der Waals surface area contributed by atoms with Gasteiger partial charge in [-0.1, -0.05) is 11.8 Å². The number of thioether (sulfide) groups is 1. The Bertz CT molecular complexity index is 969. The van der Waals surface area contributed by atoms with Crippen LogP contribution in [0.1, 0.15) is 5.56 Å². The lowest BCUT2D eigenvalue weighted by Crippen LogP contribution is -1.96. The number of hydrogen-bond acceptors (Lipinski definition) is 5. The summed E-state index contributed by atoms with van der Waals surface area (Å²) in [5, 5.41) is 13.6. The van der Waals surface area contributed by atoms with Gasteiger partial charge in [0.2, 0.25) is 5.16 Å². The van der Waals surface area contributed by atoms with Gasteiger partial charge in [-0.3, -0.25) is 4.98 Å². The van der Waals surface area contributed by atoms with Gasteiger partial charge in [0.1, 0.15) is 5.82 Å². The maximum Gasteiger partial charge on any atom is 0.212 e. The van der Waals surface area contributed by atoms with Crippen LogP contribution >= 0.6 is 11.8 Å². The van der Waals surface area contributed by atoms with Crippen LogP contribution in [-0.2, 0) is 5.75 Å². The molecule has 118 valence electrons. The van der Waals surface area contributed by atoms with E-state index in [-0.39, 0.29) is 5.82 Å². The number of benzene rings is 1. The summed E-state index contributed by atoms with van der Waals surface area (Å²) in [4.78, 5) is 4.01. The summed E-state index contributed by atoms with van der Waals surface area (Å²) in [5.41, 5.74) is 3.42. The third-order valence-electron chi connectivity index (χ3n) is 3.49. The highest BCUT2D eigenvalue weighted by atomic mass is 32.2. The van der Waals surface area contributed by atoms with Crippen LogP contribution in [-0.4, -0.2) is 24.8 Å². The first-order valence-corrected chi connectivity index (χ1v) is 8.28. The molecule has 0 amide bonds. The van der Waals surface area contributed by atoms with Gasteiger partial charge in [-0.05, 0) is 54.1 Å². The molecule has 0 radical (unpaired) electrons. The van der Waals surface area contributed by atoms with E-state index < -0.39 is 0 Å². The van der Waals surface area contributed by atoms with Crippen molar-refractivity contribution in [2.75, 3.05) is 0 Å². The lowest BCUT2D eigenvalue weighted by molar-refractivity contribution is 0.628. The molecular formula is C17H12FN5S. The van der Waals surface area contributed by atoms with Crippen LogP contribution in [0.25, 0.3) is 16.9 Å². The third kappa shape index (κ3) is 2.98. The highest BCUT2D eigenvalue weighted by molar-refractivity contribution is 7.98. The molecule has 3 aromatic heterocycles. The molecule has 0 saturated carbocycles. The van der Waals surface area contributed by atoms with Gasteiger partial charge in [-0.25, -0.2) is 4.39 Å². The van der Waals surface area contributed by atoms with E-state index >= 15 is 0 Å². The normalized spacial score (nSPS) is 11.0. The number of hydrogen-bond donors (Lipinski definition) is 0. The molecule has 0 atom stereocenters. The van der Waals surface area contributed by atoms with Gasteiger partial charge in [0.15, 0.2) is 5.65 Å². The number of aromatic nitrogens is 5. The van der Waals surface area contributed by atoms with Gasteiger partial charge >= 0.3 is 0 Å². The van der Waals surface area contributed by atoms with E-state index in [4.69, 9.17) is 0 Å². The molecule has 0 aliphatic heterocycles. The summed E-state index contributed by atoms with van der Waals surface area (Å²) < 4.78 is 14.8. The number of fused-ring (bicyclic) bond motifs is 1. The van der Waals surface area contributed by atoms with Crippen molar-refractivity contribution in [2.24, 2.45) is 0 Å². The van der Waals surface area contributed by atoms with Crippen molar-refractivity contribution in [3.63, 3.8) is 0 Å². The van der Waals surface area contributed by atoms with Crippen LogP contribution in [0, 0.1) is 5.82 Å². The van der Waals surface area contributed by atoms with Crippen molar-refractivity contribution >= 4 is 17.4 Å². The Morgan fingerprint density at radius 2 is 1.71 bits per heavy atom. The maximum absolute atomic E-state index is 13.1. The molecule has 0 bridgehead atoms. The fourth-order valence-corrected chi connectivity index (χ4v) is 3.10. The minimum Gasteiger partial charge on any atom is -0.265 e. The lowest BCUT2D eigenvalue weighted by Gasteiger charge is -2.03. The molecular weight excluding hydrogens is 325 g/mol. The first kappa shape index (κ1) is 14.8. The average molecular weight is 337 g/mol. The van der Waals surface area contributed by atoms with Crippen molar-refractivity contribution in [1.29, 1.82) is 0 Å². The van der Waals surface area contributed by atoms with E-state index in [1.807, 2.05) is 24.3 Å². The van der Waals surface area contributed by atoms with E-state index in [1.54, 1.807) is 40.8 Å². The zero-order valence-corrected chi connectivity index (χ0v) is 13.3. The third-order valence-corrected chi connectivity index (χ3v) is 4.48. The molecule has 24 heavy (non-hydrogen) atoms. The average Bonchev–Trinajstić information content (AvgIpc) is 3.04. The van der Waals surface area contributed by atoms with Gasteiger partial charge in [0, 0.05) is 23.7 Å². The van der Waals surface area contributed by atoms with Crippen LogP contribution in [0.5, 0.6) is 0 Å². The topological polar surface area (TPSA) is 56.0 Å². The van der Waals surface area contributed by atoms with Crippen LogP contribution < -0.4 is 0 Å². The summed E-state index contributed by atoms with van der Waals surface area (Å²) in [6.45, 7) is 0. The largest absolute Gasteiger partial charge is 0.265 e. The second-order valence-electron chi connectivity index (χ2n) is 5.12. The van der Waals surface area contributed by atoms with Crippen molar-refractivity contribution in [2.45, 2.75) is 10.9 Å². The summed E-state index contributed by atoms with van der Waals surface area (Å²) in [7, 11) is 0. The fourth-order valence-electron chi connectivity index (χ4n) is 2.26. The van der Waals surface area contributed by atoms with Crippen molar-refractivity contribution in [3.8, 4) is 11.3 Å². The molecule has 4 aromatic rings. The highest BCUT2D eigenvalue weighted by Gasteiger charge is 2.09. The second kappa shape index (κ2) is 6.37. The molecule has 0 N–H and O–H groups in total. The SMILES string of the molecule is Fc1ccc(-c2ccc3nnc(SCc4ccncc4)n3n2)cc1. The number of nitrogens with zero attached hydrogens (tertiary/aromatic N) is 5. The Morgan fingerprint density at radius 1 is 0.917 bits per heavy atom.